The zero-order chi connectivity index (χ0) is 16.7. The van der Waals surface area contributed by atoms with Gasteiger partial charge in [-0.25, -0.2) is 4.98 Å². The topological polar surface area (TPSA) is 21.7 Å². The molecule has 2 heterocycles. The van der Waals surface area contributed by atoms with E-state index >= 15 is 0 Å². The molecule has 0 atom stereocenters. The first-order valence-corrected chi connectivity index (χ1v) is 8.12. The number of rotatable bonds is 2. The fourth-order valence-electron chi connectivity index (χ4n) is 3.40. The highest BCUT2D eigenvalue weighted by atomic mass is 15.0. The minimum Gasteiger partial charge on any atom is -0.334 e. The fourth-order valence-corrected chi connectivity index (χ4v) is 3.40. The molecule has 0 aliphatic carbocycles. The Bertz CT molecular complexity index is 1040. The van der Waals surface area contributed by atoms with Gasteiger partial charge >= 0.3 is 0 Å². The molecule has 2 aromatic heterocycles. The standard InChI is InChI=1S/C21H20N3/c1-15-17(8-6-9-18(15)21-22-13-14-23(21)2)20-12-11-16-7-4-5-10-19(16)24(20)3/h4-14H,1-3H3/q+1. The molecule has 0 spiro atoms. The van der Waals surface area contributed by atoms with Crippen LogP contribution in [0.25, 0.3) is 33.5 Å². The summed E-state index contributed by atoms with van der Waals surface area (Å²) in [6.45, 7) is 2.18. The highest BCUT2D eigenvalue weighted by molar-refractivity contribution is 5.79. The van der Waals surface area contributed by atoms with Crippen molar-refractivity contribution in [1.82, 2.24) is 9.55 Å². The Labute approximate surface area is 141 Å². The lowest BCUT2D eigenvalue weighted by Crippen LogP contribution is -2.32. The molecule has 0 bridgehead atoms. The summed E-state index contributed by atoms with van der Waals surface area (Å²) in [6.07, 6.45) is 3.83. The van der Waals surface area contributed by atoms with Crippen molar-refractivity contribution in [3.63, 3.8) is 0 Å². The van der Waals surface area contributed by atoms with Gasteiger partial charge in [-0.15, -0.1) is 0 Å². The van der Waals surface area contributed by atoms with Gasteiger partial charge in [-0.3, -0.25) is 0 Å². The summed E-state index contributed by atoms with van der Waals surface area (Å²) in [6, 6.07) is 19.3. The van der Waals surface area contributed by atoms with Crippen LogP contribution in [0.4, 0.5) is 0 Å². The van der Waals surface area contributed by atoms with Crippen LogP contribution in [0.2, 0.25) is 0 Å². The largest absolute Gasteiger partial charge is 0.334 e. The lowest BCUT2D eigenvalue weighted by molar-refractivity contribution is -0.633. The molecule has 0 unspecified atom stereocenters. The summed E-state index contributed by atoms with van der Waals surface area (Å²) < 4.78 is 4.33. The maximum atomic E-state index is 4.51. The van der Waals surface area contributed by atoms with Crippen molar-refractivity contribution in [2.24, 2.45) is 14.1 Å². The van der Waals surface area contributed by atoms with Crippen LogP contribution in [0.15, 0.2) is 67.0 Å². The second kappa shape index (κ2) is 5.60. The zero-order valence-corrected chi connectivity index (χ0v) is 14.2. The number of aromatic nitrogens is 3. The first-order valence-electron chi connectivity index (χ1n) is 8.12. The van der Waals surface area contributed by atoms with Crippen LogP contribution in [0.5, 0.6) is 0 Å². The summed E-state index contributed by atoms with van der Waals surface area (Å²) in [4.78, 5) is 4.51. The van der Waals surface area contributed by atoms with E-state index in [1.165, 1.54) is 33.3 Å². The van der Waals surface area contributed by atoms with E-state index in [1.807, 2.05) is 19.4 Å². The van der Waals surface area contributed by atoms with E-state index in [0.29, 0.717) is 0 Å². The molecule has 0 aliphatic rings. The number of hydrogen-bond donors (Lipinski definition) is 0. The van der Waals surface area contributed by atoms with Crippen LogP contribution in [-0.4, -0.2) is 9.55 Å². The van der Waals surface area contributed by atoms with Gasteiger partial charge in [0.25, 0.3) is 0 Å². The van der Waals surface area contributed by atoms with Crippen LogP contribution < -0.4 is 4.57 Å². The minimum atomic E-state index is 0.998. The maximum Gasteiger partial charge on any atom is 0.213 e. The molecule has 0 saturated heterocycles. The molecule has 4 aromatic rings. The zero-order valence-electron chi connectivity index (χ0n) is 14.2. The Hall–Kier alpha value is -2.94. The number of pyridine rings is 1. The minimum absolute atomic E-state index is 0.998. The van der Waals surface area contributed by atoms with E-state index in [9.17, 15) is 0 Å². The normalized spacial score (nSPS) is 11.1. The summed E-state index contributed by atoms with van der Waals surface area (Å²) in [5.74, 6) is 0.998. The molecule has 0 aliphatic heterocycles. The van der Waals surface area contributed by atoms with Gasteiger partial charge in [0.2, 0.25) is 11.2 Å². The number of fused-ring (bicyclic) bond motifs is 1. The molecule has 118 valence electrons. The molecule has 0 saturated carbocycles. The van der Waals surface area contributed by atoms with Crippen molar-refractivity contribution in [3.05, 3.63) is 72.6 Å². The van der Waals surface area contributed by atoms with Crippen molar-refractivity contribution >= 4 is 10.9 Å². The van der Waals surface area contributed by atoms with Gasteiger partial charge < -0.3 is 4.57 Å². The van der Waals surface area contributed by atoms with E-state index in [0.717, 1.165) is 5.82 Å². The second-order valence-electron chi connectivity index (χ2n) is 6.18. The third-order valence-electron chi connectivity index (χ3n) is 4.75. The second-order valence-corrected chi connectivity index (χ2v) is 6.18. The molecular weight excluding hydrogens is 294 g/mol. The molecule has 24 heavy (non-hydrogen) atoms. The SMILES string of the molecule is Cc1c(-c2nccn2C)cccc1-c1ccc2ccccc2[n+]1C. The van der Waals surface area contributed by atoms with Crippen molar-refractivity contribution < 1.29 is 4.57 Å². The first-order chi connectivity index (χ1) is 11.7. The number of benzene rings is 2. The molecule has 0 radical (unpaired) electrons. The fraction of sp³-hybridized carbons (Fsp3) is 0.143. The van der Waals surface area contributed by atoms with Gasteiger partial charge in [0.05, 0.1) is 0 Å². The van der Waals surface area contributed by atoms with Crippen LogP contribution in [0.1, 0.15) is 5.56 Å². The molecule has 0 fully saturated rings. The van der Waals surface area contributed by atoms with Crippen LogP contribution in [-0.2, 0) is 14.1 Å². The lowest BCUT2D eigenvalue weighted by atomic mass is 9.98. The van der Waals surface area contributed by atoms with Crippen molar-refractivity contribution in [2.45, 2.75) is 6.92 Å². The monoisotopic (exact) mass is 314 g/mol. The number of aryl methyl sites for hydroxylation is 2. The van der Waals surface area contributed by atoms with E-state index in [1.54, 1.807) is 0 Å². The molecule has 3 heteroatoms. The van der Waals surface area contributed by atoms with Crippen LogP contribution in [0, 0.1) is 6.92 Å². The Morgan fingerprint density at radius 3 is 2.50 bits per heavy atom. The first kappa shape index (κ1) is 14.6. The molecule has 3 nitrogen and oxygen atoms in total. The average Bonchev–Trinajstić information content (AvgIpc) is 3.02. The van der Waals surface area contributed by atoms with Crippen molar-refractivity contribution in [1.29, 1.82) is 0 Å². The summed E-state index contributed by atoms with van der Waals surface area (Å²) in [5, 5.41) is 1.25. The number of para-hydroxylation sites is 1. The van der Waals surface area contributed by atoms with Gasteiger partial charge in [-0.2, -0.15) is 4.57 Å². The highest BCUT2D eigenvalue weighted by Gasteiger charge is 2.18. The predicted molar refractivity (Wildman–Crippen MR) is 97.5 cm³/mol. The van der Waals surface area contributed by atoms with Crippen LogP contribution >= 0.6 is 0 Å². The lowest BCUT2D eigenvalue weighted by Gasteiger charge is -2.11. The van der Waals surface area contributed by atoms with Gasteiger partial charge in [-0.05, 0) is 30.7 Å². The van der Waals surface area contributed by atoms with E-state index < -0.39 is 0 Å². The third-order valence-corrected chi connectivity index (χ3v) is 4.75. The van der Waals surface area contributed by atoms with Crippen molar-refractivity contribution in [2.75, 3.05) is 0 Å². The smallest absolute Gasteiger partial charge is 0.213 e. The predicted octanol–water partition coefficient (Wildman–Crippen LogP) is 4.04. The molecule has 4 rings (SSSR count). The maximum absolute atomic E-state index is 4.51. The summed E-state index contributed by atoms with van der Waals surface area (Å²) >= 11 is 0. The Morgan fingerprint density at radius 2 is 1.71 bits per heavy atom. The molecule has 0 N–H and O–H groups in total. The Morgan fingerprint density at radius 1 is 0.917 bits per heavy atom. The van der Waals surface area contributed by atoms with E-state index in [2.05, 4.69) is 82.7 Å². The highest BCUT2D eigenvalue weighted by Crippen LogP contribution is 2.30. The van der Waals surface area contributed by atoms with Crippen molar-refractivity contribution in [3.8, 4) is 22.6 Å². The Balaban J connectivity index is 1.95. The van der Waals surface area contributed by atoms with Gasteiger partial charge in [0.1, 0.15) is 12.9 Å². The quantitative estimate of drug-likeness (QED) is 0.512. The third kappa shape index (κ3) is 2.21. The molecular formula is C21H20N3+. The van der Waals surface area contributed by atoms with Gasteiger partial charge in [0, 0.05) is 48.1 Å². The van der Waals surface area contributed by atoms with E-state index in [-0.39, 0.29) is 0 Å². The van der Waals surface area contributed by atoms with Crippen LogP contribution in [0.3, 0.4) is 0 Å². The number of imidazole rings is 1. The summed E-state index contributed by atoms with van der Waals surface area (Å²) in [5.41, 5.74) is 6.11. The molecule has 0 amide bonds. The average molecular weight is 314 g/mol. The van der Waals surface area contributed by atoms with Gasteiger partial charge in [-0.1, -0.05) is 24.3 Å². The van der Waals surface area contributed by atoms with Gasteiger partial charge in [0.15, 0.2) is 0 Å². The number of hydrogen-bond acceptors (Lipinski definition) is 1. The summed E-state index contributed by atoms with van der Waals surface area (Å²) in [7, 11) is 4.16. The Kier molecular flexibility index (Phi) is 3.42. The number of nitrogens with zero attached hydrogens (tertiary/aromatic N) is 3. The van der Waals surface area contributed by atoms with E-state index in [4.69, 9.17) is 0 Å². The molecule has 2 aromatic carbocycles.